The van der Waals surface area contributed by atoms with Crippen molar-refractivity contribution in [2.75, 3.05) is 0 Å². The molecule has 0 saturated heterocycles. The molecule has 1 aromatic carbocycles. The Labute approximate surface area is 84.2 Å². The molecule has 0 heterocycles. The van der Waals surface area contributed by atoms with E-state index in [1.165, 1.54) is 5.56 Å². The van der Waals surface area contributed by atoms with Gasteiger partial charge in [-0.1, -0.05) is 0 Å². The van der Waals surface area contributed by atoms with E-state index < -0.39 is 5.60 Å². The number of phenolic OH excluding ortho intramolecular Hbond substituents is 1. The number of hydrogen-bond acceptors (Lipinski definition) is 2. The fourth-order valence-electron chi connectivity index (χ4n) is 1.90. The number of phenols is 1. The summed E-state index contributed by atoms with van der Waals surface area (Å²) in [4.78, 5) is 0. The Hall–Kier alpha value is -1.02. The van der Waals surface area contributed by atoms with Gasteiger partial charge in [0.05, 0.1) is 5.60 Å². The third kappa shape index (κ3) is 1.75. The number of benzene rings is 1. The Morgan fingerprint density at radius 3 is 2.14 bits per heavy atom. The zero-order chi connectivity index (χ0) is 10.3. The van der Waals surface area contributed by atoms with Gasteiger partial charge in [0.25, 0.3) is 0 Å². The summed E-state index contributed by atoms with van der Waals surface area (Å²) in [6, 6.07) is 3.52. The summed E-state index contributed by atoms with van der Waals surface area (Å²) in [6.45, 7) is 3.96. The number of aryl methyl sites for hydroxylation is 2. The SMILES string of the molecule is Cc1cc(O)cc(C)c1CC1(O)CC1. The van der Waals surface area contributed by atoms with Crippen LogP contribution >= 0.6 is 0 Å². The van der Waals surface area contributed by atoms with Crippen molar-refractivity contribution in [2.24, 2.45) is 0 Å². The minimum absolute atomic E-state index is 0.312. The number of aliphatic hydroxyl groups is 1. The number of aromatic hydroxyl groups is 1. The van der Waals surface area contributed by atoms with E-state index in [4.69, 9.17) is 0 Å². The van der Waals surface area contributed by atoms with Crippen LogP contribution in [0.2, 0.25) is 0 Å². The zero-order valence-electron chi connectivity index (χ0n) is 8.67. The third-order valence-electron chi connectivity index (χ3n) is 3.01. The zero-order valence-corrected chi connectivity index (χ0v) is 8.67. The van der Waals surface area contributed by atoms with Crippen LogP contribution in [0.3, 0.4) is 0 Å². The lowest BCUT2D eigenvalue weighted by molar-refractivity contribution is 0.150. The molecule has 0 spiro atoms. The lowest BCUT2D eigenvalue weighted by Gasteiger charge is -2.13. The van der Waals surface area contributed by atoms with Crippen molar-refractivity contribution in [2.45, 2.75) is 38.7 Å². The minimum Gasteiger partial charge on any atom is -0.508 e. The van der Waals surface area contributed by atoms with E-state index >= 15 is 0 Å². The van der Waals surface area contributed by atoms with E-state index in [2.05, 4.69) is 0 Å². The van der Waals surface area contributed by atoms with Gasteiger partial charge in [-0.15, -0.1) is 0 Å². The van der Waals surface area contributed by atoms with Crippen molar-refractivity contribution >= 4 is 0 Å². The second-order valence-corrected chi connectivity index (χ2v) is 4.46. The lowest BCUT2D eigenvalue weighted by atomic mass is 9.96. The summed E-state index contributed by atoms with van der Waals surface area (Å²) in [5.74, 6) is 0.312. The molecule has 0 unspecified atom stereocenters. The quantitative estimate of drug-likeness (QED) is 0.753. The van der Waals surface area contributed by atoms with Crippen molar-refractivity contribution in [3.8, 4) is 5.75 Å². The smallest absolute Gasteiger partial charge is 0.116 e. The highest BCUT2D eigenvalue weighted by molar-refractivity contribution is 5.41. The lowest BCUT2D eigenvalue weighted by Crippen LogP contribution is -2.12. The molecule has 0 bridgehead atoms. The van der Waals surface area contributed by atoms with E-state index in [0.29, 0.717) is 5.75 Å². The Balaban J connectivity index is 2.32. The molecule has 76 valence electrons. The van der Waals surface area contributed by atoms with E-state index in [0.717, 1.165) is 30.4 Å². The van der Waals surface area contributed by atoms with Gasteiger partial charge in [-0.2, -0.15) is 0 Å². The van der Waals surface area contributed by atoms with Gasteiger partial charge in [0, 0.05) is 6.42 Å². The fourth-order valence-corrected chi connectivity index (χ4v) is 1.90. The first kappa shape index (κ1) is 9.53. The van der Waals surface area contributed by atoms with Crippen molar-refractivity contribution in [1.82, 2.24) is 0 Å². The van der Waals surface area contributed by atoms with Crippen molar-refractivity contribution < 1.29 is 10.2 Å². The summed E-state index contributed by atoms with van der Waals surface area (Å²) in [7, 11) is 0. The summed E-state index contributed by atoms with van der Waals surface area (Å²) in [5, 5.41) is 19.2. The molecule has 2 rings (SSSR count). The van der Waals surface area contributed by atoms with Gasteiger partial charge in [0.15, 0.2) is 0 Å². The summed E-state index contributed by atoms with van der Waals surface area (Å²) in [6.07, 6.45) is 2.55. The molecule has 0 amide bonds. The van der Waals surface area contributed by atoms with Crippen molar-refractivity contribution in [3.63, 3.8) is 0 Å². The maximum absolute atomic E-state index is 9.84. The number of rotatable bonds is 2. The van der Waals surface area contributed by atoms with Gasteiger partial charge in [-0.25, -0.2) is 0 Å². The number of hydrogen-bond donors (Lipinski definition) is 2. The normalized spacial score (nSPS) is 18.2. The van der Waals surface area contributed by atoms with Crippen LogP contribution in [0.15, 0.2) is 12.1 Å². The third-order valence-corrected chi connectivity index (χ3v) is 3.01. The van der Waals surface area contributed by atoms with E-state index in [9.17, 15) is 10.2 Å². The average Bonchev–Trinajstić information content (AvgIpc) is 2.77. The maximum Gasteiger partial charge on any atom is 0.116 e. The van der Waals surface area contributed by atoms with Crippen molar-refractivity contribution in [1.29, 1.82) is 0 Å². The maximum atomic E-state index is 9.84. The highest BCUT2D eigenvalue weighted by atomic mass is 16.3. The van der Waals surface area contributed by atoms with Crippen LogP contribution in [-0.2, 0) is 6.42 Å². The van der Waals surface area contributed by atoms with Crippen LogP contribution in [0, 0.1) is 13.8 Å². The molecule has 2 N–H and O–H groups in total. The minimum atomic E-state index is -0.452. The molecule has 0 atom stereocenters. The van der Waals surface area contributed by atoms with Gasteiger partial charge < -0.3 is 10.2 Å². The molecule has 0 radical (unpaired) electrons. The predicted molar refractivity (Wildman–Crippen MR) is 55.5 cm³/mol. The molecule has 2 heteroatoms. The molecule has 0 aliphatic heterocycles. The average molecular weight is 192 g/mol. The highest BCUT2D eigenvalue weighted by Gasteiger charge is 2.40. The first-order valence-corrected chi connectivity index (χ1v) is 5.02. The Bertz CT molecular complexity index is 342. The predicted octanol–water partition coefficient (Wildman–Crippen LogP) is 2.08. The molecule has 2 nitrogen and oxygen atoms in total. The van der Waals surface area contributed by atoms with Crippen LogP contribution in [0.1, 0.15) is 29.5 Å². The topological polar surface area (TPSA) is 40.5 Å². The Morgan fingerprint density at radius 2 is 1.71 bits per heavy atom. The van der Waals surface area contributed by atoms with Gasteiger partial charge in [0.1, 0.15) is 5.75 Å². The molecule has 1 aliphatic rings. The van der Waals surface area contributed by atoms with Gasteiger partial charge in [0.2, 0.25) is 0 Å². The van der Waals surface area contributed by atoms with Gasteiger partial charge in [-0.05, 0) is 55.5 Å². The molecule has 1 fully saturated rings. The van der Waals surface area contributed by atoms with Crippen molar-refractivity contribution in [3.05, 3.63) is 28.8 Å². The second-order valence-electron chi connectivity index (χ2n) is 4.46. The Morgan fingerprint density at radius 1 is 1.21 bits per heavy atom. The molecule has 1 aromatic rings. The van der Waals surface area contributed by atoms with Crippen LogP contribution in [0.5, 0.6) is 5.75 Å². The second kappa shape index (κ2) is 2.99. The summed E-state index contributed by atoms with van der Waals surface area (Å²) in [5.41, 5.74) is 2.88. The first-order chi connectivity index (χ1) is 6.50. The van der Waals surface area contributed by atoms with Crippen LogP contribution in [0.4, 0.5) is 0 Å². The molecule has 14 heavy (non-hydrogen) atoms. The monoisotopic (exact) mass is 192 g/mol. The Kier molecular flexibility index (Phi) is 2.04. The van der Waals surface area contributed by atoms with Gasteiger partial charge in [-0.3, -0.25) is 0 Å². The van der Waals surface area contributed by atoms with Crippen LogP contribution in [0.25, 0.3) is 0 Å². The summed E-state index contributed by atoms with van der Waals surface area (Å²) >= 11 is 0. The van der Waals surface area contributed by atoms with E-state index in [-0.39, 0.29) is 0 Å². The fraction of sp³-hybridized carbons (Fsp3) is 0.500. The van der Waals surface area contributed by atoms with E-state index in [1.54, 1.807) is 12.1 Å². The molecule has 1 saturated carbocycles. The van der Waals surface area contributed by atoms with Gasteiger partial charge >= 0.3 is 0 Å². The summed E-state index contributed by atoms with van der Waals surface area (Å²) < 4.78 is 0. The van der Waals surface area contributed by atoms with Crippen LogP contribution < -0.4 is 0 Å². The first-order valence-electron chi connectivity index (χ1n) is 5.02. The molecular formula is C12H16O2. The standard InChI is InChI=1S/C12H16O2/c1-8-5-10(13)6-9(2)11(8)7-12(14)3-4-12/h5-6,13-14H,3-4,7H2,1-2H3. The molecular weight excluding hydrogens is 176 g/mol. The van der Waals surface area contributed by atoms with E-state index in [1.807, 2.05) is 13.8 Å². The largest absolute Gasteiger partial charge is 0.508 e. The highest BCUT2D eigenvalue weighted by Crippen LogP contribution is 2.39. The molecule has 1 aliphatic carbocycles. The van der Waals surface area contributed by atoms with Crippen LogP contribution in [-0.4, -0.2) is 15.8 Å². The molecule has 0 aromatic heterocycles.